The Morgan fingerprint density at radius 3 is 2.71 bits per heavy atom. The average Bonchev–Trinajstić information content (AvgIpc) is 2.66. The summed E-state index contributed by atoms with van der Waals surface area (Å²) < 4.78 is 10.6. The Hall–Kier alpha value is -2.48. The van der Waals surface area contributed by atoms with Gasteiger partial charge < -0.3 is 29.5 Å². The van der Waals surface area contributed by atoms with E-state index >= 15 is 0 Å². The van der Waals surface area contributed by atoms with Crippen molar-refractivity contribution in [1.29, 1.82) is 0 Å². The van der Waals surface area contributed by atoms with Gasteiger partial charge in [-0.1, -0.05) is 0 Å². The normalized spacial score (nSPS) is 16.9. The molecule has 1 heterocycles. The lowest BCUT2D eigenvalue weighted by atomic mass is 10.0. The Morgan fingerprint density at radius 2 is 2.07 bits per heavy atom. The molecule has 0 aromatic heterocycles. The summed E-state index contributed by atoms with van der Waals surface area (Å²) in [6.07, 6.45) is 1.18. The second-order valence-corrected chi connectivity index (χ2v) is 7.21. The number of hydrogen-bond donors (Lipinski definition) is 2. The predicted octanol–water partition coefficient (Wildman–Crippen LogP) is 2.80. The molecule has 1 aromatic rings. The number of benzene rings is 1. The second kappa shape index (κ2) is 10.2. The predicted molar refractivity (Wildman–Crippen MR) is 104 cm³/mol. The summed E-state index contributed by atoms with van der Waals surface area (Å²) in [5.41, 5.74) is 0.403. The third kappa shape index (κ3) is 5.51. The number of carbonyl (C=O) groups excluding carboxylic acids is 1. The number of carboxylic acid groups (broad SMARTS) is 1. The van der Waals surface area contributed by atoms with E-state index in [1.165, 1.54) is 17.0 Å². The maximum absolute atomic E-state index is 13.2. The summed E-state index contributed by atoms with van der Waals surface area (Å²) in [6, 6.07) is 4.27. The fourth-order valence-corrected chi connectivity index (χ4v) is 3.47. The quantitative estimate of drug-likeness (QED) is 0.658. The van der Waals surface area contributed by atoms with Crippen molar-refractivity contribution in [3.05, 3.63) is 23.8 Å². The summed E-state index contributed by atoms with van der Waals surface area (Å²) in [5.74, 6) is 0.0234. The highest BCUT2D eigenvalue weighted by atomic mass is 16.5. The molecule has 1 aromatic carbocycles. The summed E-state index contributed by atoms with van der Waals surface area (Å²) in [4.78, 5) is 27.6. The van der Waals surface area contributed by atoms with Crippen molar-refractivity contribution < 1.29 is 29.3 Å². The zero-order valence-electron chi connectivity index (χ0n) is 16.8. The highest BCUT2D eigenvalue weighted by Crippen LogP contribution is 2.29. The number of phenolic OH excluding ortho intramolecular Hbond substituents is 1. The molecule has 1 aliphatic heterocycles. The van der Waals surface area contributed by atoms with Crippen LogP contribution in [0.15, 0.2) is 18.2 Å². The maximum Gasteiger partial charge on any atom is 0.407 e. The summed E-state index contributed by atoms with van der Waals surface area (Å²) in [7, 11) is 1.61. The van der Waals surface area contributed by atoms with E-state index in [1.807, 2.05) is 13.8 Å². The number of ether oxygens (including phenoxy) is 2. The standard InChI is InChI=1S/C20H30N2O6/c1-14(2)22(16-6-4-9-21(13-16)20(25)26)19(24)15-7-8-17(23)18(12-15)28-11-5-10-27-3/h7-8,12,14,16,23H,4-6,9-11,13H2,1-3H3,(H,25,26)/t16-/m1/s1. The number of carbonyl (C=O) groups is 2. The molecule has 8 nitrogen and oxygen atoms in total. The third-order valence-electron chi connectivity index (χ3n) is 4.81. The number of nitrogens with zero attached hydrogens (tertiary/aromatic N) is 2. The van der Waals surface area contributed by atoms with Gasteiger partial charge in [-0.2, -0.15) is 0 Å². The molecule has 1 saturated heterocycles. The van der Waals surface area contributed by atoms with Gasteiger partial charge in [-0.25, -0.2) is 4.79 Å². The molecule has 8 heteroatoms. The van der Waals surface area contributed by atoms with Crippen LogP contribution in [-0.4, -0.2) is 77.5 Å². The molecule has 0 aliphatic carbocycles. The van der Waals surface area contributed by atoms with Gasteiger partial charge >= 0.3 is 6.09 Å². The lowest BCUT2D eigenvalue weighted by molar-refractivity contribution is 0.0449. The van der Waals surface area contributed by atoms with Crippen LogP contribution in [0.1, 0.15) is 43.5 Å². The molecule has 2 N–H and O–H groups in total. The van der Waals surface area contributed by atoms with Crippen molar-refractivity contribution in [2.75, 3.05) is 33.4 Å². The second-order valence-electron chi connectivity index (χ2n) is 7.21. The first kappa shape index (κ1) is 21.8. The van der Waals surface area contributed by atoms with Crippen LogP contribution in [0.2, 0.25) is 0 Å². The highest BCUT2D eigenvalue weighted by Gasteiger charge is 2.32. The monoisotopic (exact) mass is 394 g/mol. The fraction of sp³-hybridized carbons (Fsp3) is 0.600. The van der Waals surface area contributed by atoms with Gasteiger partial charge in [0.25, 0.3) is 5.91 Å². The first-order valence-corrected chi connectivity index (χ1v) is 9.60. The van der Waals surface area contributed by atoms with E-state index in [0.29, 0.717) is 38.3 Å². The van der Waals surface area contributed by atoms with Crippen molar-refractivity contribution in [2.45, 2.75) is 45.2 Å². The van der Waals surface area contributed by atoms with Crippen molar-refractivity contribution in [3.63, 3.8) is 0 Å². The lowest BCUT2D eigenvalue weighted by Crippen LogP contribution is -2.53. The molecule has 2 amide bonds. The first-order chi connectivity index (χ1) is 13.3. The Kier molecular flexibility index (Phi) is 7.92. The van der Waals surface area contributed by atoms with Gasteiger partial charge in [-0.3, -0.25) is 4.79 Å². The summed E-state index contributed by atoms with van der Waals surface area (Å²) >= 11 is 0. The smallest absolute Gasteiger partial charge is 0.407 e. The van der Waals surface area contributed by atoms with Gasteiger partial charge in [0.15, 0.2) is 11.5 Å². The number of phenols is 1. The van der Waals surface area contributed by atoms with Crippen molar-refractivity contribution in [3.8, 4) is 11.5 Å². The molecule has 0 radical (unpaired) electrons. The molecule has 0 unspecified atom stereocenters. The van der Waals surface area contributed by atoms with E-state index in [0.717, 1.165) is 12.8 Å². The Labute approximate surface area is 165 Å². The zero-order chi connectivity index (χ0) is 20.7. The number of rotatable bonds is 8. The van der Waals surface area contributed by atoms with E-state index < -0.39 is 6.09 Å². The van der Waals surface area contributed by atoms with Crippen LogP contribution >= 0.6 is 0 Å². The van der Waals surface area contributed by atoms with Gasteiger partial charge in [0.1, 0.15) is 0 Å². The summed E-state index contributed by atoms with van der Waals surface area (Å²) in [5, 5.41) is 19.3. The SMILES string of the molecule is COCCCOc1cc(C(=O)N(C(C)C)[C@@H]2CCCN(C(=O)O)C2)ccc1O. The largest absolute Gasteiger partial charge is 0.504 e. The average molecular weight is 394 g/mol. The maximum atomic E-state index is 13.2. The molecule has 0 bridgehead atoms. The van der Waals surface area contributed by atoms with Gasteiger partial charge in [-0.15, -0.1) is 0 Å². The molecule has 2 rings (SSSR count). The third-order valence-corrected chi connectivity index (χ3v) is 4.81. The van der Waals surface area contributed by atoms with E-state index in [-0.39, 0.29) is 29.5 Å². The Balaban J connectivity index is 2.17. The molecule has 156 valence electrons. The van der Waals surface area contributed by atoms with Gasteiger partial charge in [-0.05, 0) is 44.9 Å². The van der Waals surface area contributed by atoms with Crippen molar-refractivity contribution in [1.82, 2.24) is 9.80 Å². The molecular formula is C20H30N2O6. The van der Waals surface area contributed by atoms with Crippen molar-refractivity contribution >= 4 is 12.0 Å². The minimum Gasteiger partial charge on any atom is -0.504 e. The molecule has 0 saturated carbocycles. The first-order valence-electron chi connectivity index (χ1n) is 9.60. The van der Waals surface area contributed by atoms with Gasteiger partial charge in [0, 0.05) is 44.8 Å². The minimum absolute atomic E-state index is 0.0280. The van der Waals surface area contributed by atoms with E-state index in [4.69, 9.17) is 9.47 Å². The van der Waals surface area contributed by atoms with Crippen LogP contribution in [-0.2, 0) is 4.74 Å². The molecule has 28 heavy (non-hydrogen) atoms. The van der Waals surface area contributed by atoms with Crippen LogP contribution in [0, 0.1) is 0 Å². The fourth-order valence-electron chi connectivity index (χ4n) is 3.47. The Morgan fingerprint density at radius 1 is 1.32 bits per heavy atom. The van der Waals surface area contributed by atoms with Crippen molar-refractivity contribution in [2.24, 2.45) is 0 Å². The van der Waals surface area contributed by atoms with E-state index in [2.05, 4.69) is 0 Å². The molecule has 0 spiro atoms. The van der Waals surface area contributed by atoms with E-state index in [9.17, 15) is 19.8 Å². The number of aromatic hydroxyl groups is 1. The number of amides is 2. The lowest BCUT2D eigenvalue weighted by Gasteiger charge is -2.40. The van der Waals surface area contributed by atoms with Crippen LogP contribution in [0.3, 0.4) is 0 Å². The van der Waals surface area contributed by atoms with Gasteiger partial charge in [0.05, 0.1) is 12.6 Å². The highest BCUT2D eigenvalue weighted by molar-refractivity contribution is 5.95. The number of piperidine rings is 1. The molecule has 1 aliphatic rings. The van der Waals surface area contributed by atoms with Crippen LogP contribution in [0.5, 0.6) is 11.5 Å². The zero-order valence-corrected chi connectivity index (χ0v) is 16.8. The van der Waals surface area contributed by atoms with Crippen LogP contribution < -0.4 is 4.74 Å². The summed E-state index contributed by atoms with van der Waals surface area (Å²) in [6.45, 7) is 5.54. The molecule has 1 atom stereocenters. The minimum atomic E-state index is -0.961. The number of hydrogen-bond acceptors (Lipinski definition) is 5. The van der Waals surface area contributed by atoms with E-state index in [1.54, 1.807) is 18.1 Å². The van der Waals surface area contributed by atoms with Gasteiger partial charge in [0.2, 0.25) is 0 Å². The molecular weight excluding hydrogens is 364 g/mol. The van der Waals surface area contributed by atoms with Crippen LogP contribution in [0.4, 0.5) is 4.79 Å². The molecule has 1 fully saturated rings. The Bertz CT molecular complexity index is 679. The number of likely N-dealkylation sites (tertiary alicyclic amines) is 1. The van der Waals surface area contributed by atoms with Crippen LogP contribution in [0.25, 0.3) is 0 Å². The topological polar surface area (TPSA) is 99.5 Å². The number of methoxy groups -OCH3 is 1.